The number of hydrogen-bond donors (Lipinski definition) is 0. The third kappa shape index (κ3) is 3.78. The second-order valence-corrected chi connectivity index (χ2v) is 7.63. The molecular formula is C26H21NO6. The van der Waals surface area contributed by atoms with Gasteiger partial charge in [0, 0.05) is 17.2 Å². The molecule has 7 nitrogen and oxygen atoms in total. The molecule has 2 amide bonds. The highest BCUT2D eigenvalue weighted by molar-refractivity contribution is 6.33. The molecule has 0 atom stereocenters. The molecule has 2 aliphatic rings. The Bertz CT molecular complexity index is 1270. The number of ether oxygens (including phenoxy) is 4. The number of hydrogen-bond acceptors (Lipinski definition) is 6. The fourth-order valence-electron chi connectivity index (χ4n) is 3.99. The summed E-state index contributed by atoms with van der Waals surface area (Å²) in [7, 11) is 3.14. The van der Waals surface area contributed by atoms with Gasteiger partial charge in [0.2, 0.25) is 6.79 Å². The molecule has 0 unspecified atom stereocenters. The molecule has 5 rings (SSSR count). The van der Waals surface area contributed by atoms with Crippen molar-refractivity contribution in [3.8, 4) is 23.0 Å². The first-order chi connectivity index (χ1) is 16.1. The summed E-state index contributed by atoms with van der Waals surface area (Å²) in [4.78, 5) is 28.1. The van der Waals surface area contributed by atoms with Gasteiger partial charge in [0.1, 0.15) is 11.5 Å². The molecule has 0 aliphatic carbocycles. The SMILES string of the molecule is COc1cc(/C=C2/C(=O)N(Cc3ccc4c(c3)OCO4)C(=O)c3ccccc32)cc(OC)c1. The largest absolute Gasteiger partial charge is 0.497 e. The van der Waals surface area contributed by atoms with Crippen molar-refractivity contribution in [2.24, 2.45) is 0 Å². The lowest BCUT2D eigenvalue weighted by Gasteiger charge is -2.29. The zero-order chi connectivity index (χ0) is 22.9. The lowest BCUT2D eigenvalue weighted by molar-refractivity contribution is -0.123. The van der Waals surface area contributed by atoms with E-state index in [1.165, 1.54) is 4.90 Å². The Morgan fingerprint density at radius 2 is 1.55 bits per heavy atom. The van der Waals surface area contributed by atoms with Gasteiger partial charge >= 0.3 is 0 Å². The van der Waals surface area contributed by atoms with Gasteiger partial charge < -0.3 is 18.9 Å². The van der Waals surface area contributed by atoms with Crippen LogP contribution in [-0.4, -0.2) is 37.7 Å². The molecule has 7 heteroatoms. The molecule has 0 aromatic heterocycles. The molecule has 0 saturated heterocycles. The van der Waals surface area contributed by atoms with Gasteiger partial charge in [-0.25, -0.2) is 0 Å². The summed E-state index contributed by atoms with van der Waals surface area (Å²) in [6.45, 7) is 0.270. The molecule has 0 N–H and O–H groups in total. The van der Waals surface area contributed by atoms with Crippen molar-refractivity contribution in [1.82, 2.24) is 4.90 Å². The van der Waals surface area contributed by atoms with Crippen LogP contribution in [-0.2, 0) is 11.3 Å². The van der Waals surface area contributed by atoms with Crippen LogP contribution in [0, 0.1) is 0 Å². The predicted molar refractivity (Wildman–Crippen MR) is 121 cm³/mol. The third-order valence-electron chi connectivity index (χ3n) is 5.63. The standard InChI is InChI=1S/C26H21NO6/c1-30-18-9-17(10-19(13-18)31-2)11-22-20-5-3-4-6-21(20)25(28)27(26(22)29)14-16-7-8-23-24(12-16)33-15-32-23/h3-13H,14-15H2,1-2H3/b22-11+. The molecule has 2 aliphatic heterocycles. The number of amides is 2. The van der Waals surface area contributed by atoms with Crippen LogP contribution < -0.4 is 18.9 Å². The fourth-order valence-corrected chi connectivity index (χ4v) is 3.99. The monoisotopic (exact) mass is 443 g/mol. The Hall–Kier alpha value is -4.26. The van der Waals surface area contributed by atoms with Crippen molar-refractivity contribution in [3.05, 3.63) is 82.9 Å². The van der Waals surface area contributed by atoms with Crippen LogP contribution >= 0.6 is 0 Å². The smallest absolute Gasteiger partial charge is 0.261 e. The molecule has 0 bridgehead atoms. The lowest BCUT2D eigenvalue weighted by Crippen LogP contribution is -2.41. The van der Waals surface area contributed by atoms with Crippen molar-refractivity contribution >= 4 is 23.5 Å². The maximum atomic E-state index is 13.6. The Morgan fingerprint density at radius 1 is 0.848 bits per heavy atom. The predicted octanol–water partition coefficient (Wildman–Crippen LogP) is 4.16. The Labute approximate surface area is 190 Å². The minimum Gasteiger partial charge on any atom is -0.497 e. The highest BCUT2D eigenvalue weighted by atomic mass is 16.7. The quantitative estimate of drug-likeness (QED) is 0.436. The maximum absolute atomic E-state index is 13.6. The number of nitrogens with zero attached hydrogens (tertiary/aromatic N) is 1. The van der Waals surface area contributed by atoms with Crippen LogP contribution in [0.2, 0.25) is 0 Å². The first-order valence-electron chi connectivity index (χ1n) is 10.4. The second-order valence-electron chi connectivity index (χ2n) is 7.63. The van der Waals surface area contributed by atoms with Gasteiger partial charge in [-0.3, -0.25) is 14.5 Å². The van der Waals surface area contributed by atoms with Crippen LogP contribution in [0.15, 0.2) is 60.7 Å². The van der Waals surface area contributed by atoms with Crippen LogP contribution in [0.25, 0.3) is 11.6 Å². The minimum atomic E-state index is -0.377. The minimum absolute atomic E-state index is 0.113. The molecule has 2 heterocycles. The van der Waals surface area contributed by atoms with Gasteiger partial charge in [-0.1, -0.05) is 24.3 Å². The summed E-state index contributed by atoms with van der Waals surface area (Å²) in [6, 6.07) is 17.9. The summed E-state index contributed by atoms with van der Waals surface area (Å²) in [5, 5.41) is 0. The van der Waals surface area contributed by atoms with Gasteiger partial charge in [-0.2, -0.15) is 0 Å². The van der Waals surface area contributed by atoms with Crippen LogP contribution in [0.3, 0.4) is 0 Å². The molecule has 0 radical (unpaired) electrons. The molecule has 3 aromatic rings. The average Bonchev–Trinajstić information content (AvgIpc) is 3.32. The van der Waals surface area contributed by atoms with E-state index in [4.69, 9.17) is 18.9 Å². The van der Waals surface area contributed by atoms with E-state index in [-0.39, 0.29) is 25.2 Å². The van der Waals surface area contributed by atoms with E-state index >= 15 is 0 Å². The van der Waals surface area contributed by atoms with Crippen molar-refractivity contribution < 1.29 is 28.5 Å². The zero-order valence-electron chi connectivity index (χ0n) is 18.2. The number of carbonyl (C=O) groups excluding carboxylic acids is 2. The van der Waals surface area contributed by atoms with Crippen LogP contribution in [0.5, 0.6) is 23.0 Å². The zero-order valence-corrected chi connectivity index (χ0v) is 18.2. The molecule has 0 saturated carbocycles. The molecular weight excluding hydrogens is 422 g/mol. The van der Waals surface area contributed by atoms with Crippen LogP contribution in [0.1, 0.15) is 27.0 Å². The first kappa shape index (κ1) is 20.6. The molecule has 0 fully saturated rings. The van der Waals surface area contributed by atoms with Gasteiger partial charge in [0.15, 0.2) is 11.5 Å². The number of fused-ring (bicyclic) bond motifs is 2. The Kier molecular flexibility index (Phi) is 5.22. The average molecular weight is 443 g/mol. The van der Waals surface area contributed by atoms with E-state index in [0.29, 0.717) is 39.7 Å². The van der Waals surface area contributed by atoms with E-state index in [0.717, 1.165) is 11.1 Å². The third-order valence-corrected chi connectivity index (χ3v) is 5.63. The highest BCUT2D eigenvalue weighted by Gasteiger charge is 2.35. The topological polar surface area (TPSA) is 74.3 Å². The Balaban J connectivity index is 1.57. The van der Waals surface area contributed by atoms with Gasteiger partial charge in [0.05, 0.1) is 20.8 Å². The summed E-state index contributed by atoms with van der Waals surface area (Å²) >= 11 is 0. The first-order valence-corrected chi connectivity index (χ1v) is 10.4. The van der Waals surface area contributed by atoms with E-state index in [1.807, 2.05) is 24.3 Å². The summed E-state index contributed by atoms with van der Waals surface area (Å²) in [6.07, 6.45) is 1.76. The Morgan fingerprint density at radius 3 is 2.27 bits per heavy atom. The van der Waals surface area contributed by atoms with Crippen molar-refractivity contribution in [3.63, 3.8) is 0 Å². The van der Waals surface area contributed by atoms with Crippen LogP contribution in [0.4, 0.5) is 0 Å². The number of methoxy groups -OCH3 is 2. The summed E-state index contributed by atoms with van der Waals surface area (Å²) in [5.41, 5.74) is 2.97. The fraction of sp³-hybridized carbons (Fsp3) is 0.154. The van der Waals surface area contributed by atoms with E-state index < -0.39 is 0 Å². The summed E-state index contributed by atoms with van der Waals surface area (Å²) in [5.74, 6) is 1.74. The number of benzene rings is 3. The lowest BCUT2D eigenvalue weighted by atomic mass is 9.91. The van der Waals surface area contributed by atoms with E-state index in [2.05, 4.69) is 0 Å². The van der Waals surface area contributed by atoms with Crippen molar-refractivity contribution in [2.75, 3.05) is 21.0 Å². The molecule has 166 valence electrons. The van der Waals surface area contributed by atoms with Gasteiger partial charge in [-0.05, 0) is 53.1 Å². The van der Waals surface area contributed by atoms with Gasteiger partial charge in [-0.15, -0.1) is 0 Å². The van der Waals surface area contributed by atoms with E-state index in [9.17, 15) is 9.59 Å². The number of rotatable bonds is 5. The maximum Gasteiger partial charge on any atom is 0.261 e. The molecule has 3 aromatic carbocycles. The molecule has 33 heavy (non-hydrogen) atoms. The van der Waals surface area contributed by atoms with Crippen molar-refractivity contribution in [2.45, 2.75) is 6.54 Å². The number of imide groups is 1. The normalized spacial score (nSPS) is 15.6. The van der Waals surface area contributed by atoms with E-state index in [1.54, 1.807) is 56.7 Å². The number of carbonyl (C=O) groups is 2. The van der Waals surface area contributed by atoms with Crippen molar-refractivity contribution in [1.29, 1.82) is 0 Å². The van der Waals surface area contributed by atoms with Gasteiger partial charge in [0.25, 0.3) is 11.8 Å². The summed E-state index contributed by atoms with van der Waals surface area (Å²) < 4.78 is 21.5. The molecule has 0 spiro atoms. The second kappa shape index (κ2) is 8.35. The highest BCUT2D eigenvalue weighted by Crippen LogP contribution is 2.35.